The van der Waals surface area contributed by atoms with E-state index in [1.165, 1.54) is 0 Å². The molecule has 1 atom stereocenters. The van der Waals surface area contributed by atoms with Crippen molar-refractivity contribution in [3.05, 3.63) is 27.8 Å². The number of nitrogens with zero attached hydrogens (tertiary/aromatic N) is 1. The van der Waals surface area contributed by atoms with Gasteiger partial charge in [0.1, 0.15) is 6.04 Å². The number of hydrogen-bond acceptors (Lipinski definition) is 2. The molecule has 2 amide bonds. The molecule has 1 N–H and O–H groups in total. The van der Waals surface area contributed by atoms with E-state index in [9.17, 15) is 9.59 Å². The van der Waals surface area contributed by atoms with Crippen molar-refractivity contribution in [2.45, 2.75) is 59.0 Å². The molecule has 1 unspecified atom stereocenters. The van der Waals surface area contributed by atoms with Crippen molar-refractivity contribution < 1.29 is 9.59 Å². The van der Waals surface area contributed by atoms with Gasteiger partial charge >= 0.3 is 0 Å². The molecule has 0 saturated carbocycles. The highest BCUT2D eigenvalue weighted by Crippen LogP contribution is 2.25. The zero-order valence-corrected chi connectivity index (χ0v) is 16.1. The molecule has 0 aliphatic heterocycles. The molecule has 0 spiro atoms. The normalized spacial score (nSPS) is 12.6. The van der Waals surface area contributed by atoms with Crippen LogP contribution in [0.5, 0.6) is 0 Å². The van der Waals surface area contributed by atoms with E-state index in [0.717, 1.165) is 15.7 Å². The number of anilines is 1. The Hall–Kier alpha value is -1.11. The van der Waals surface area contributed by atoms with Gasteiger partial charge in [-0.15, -0.1) is 0 Å². The van der Waals surface area contributed by atoms with Crippen LogP contribution in [-0.4, -0.2) is 23.4 Å². The fourth-order valence-electron chi connectivity index (χ4n) is 2.13. The molecule has 1 rings (SSSR count). The van der Waals surface area contributed by atoms with Gasteiger partial charge < -0.3 is 5.32 Å². The summed E-state index contributed by atoms with van der Waals surface area (Å²) in [6.45, 7) is 9.54. The van der Waals surface area contributed by atoms with Crippen molar-refractivity contribution in [1.82, 2.24) is 5.32 Å². The van der Waals surface area contributed by atoms with Crippen LogP contribution in [0.1, 0.15) is 47.5 Å². The van der Waals surface area contributed by atoms with Crippen molar-refractivity contribution in [2.24, 2.45) is 0 Å². The van der Waals surface area contributed by atoms with Gasteiger partial charge in [-0.2, -0.15) is 0 Å². The molecule has 122 valence electrons. The molecule has 0 saturated heterocycles. The van der Waals surface area contributed by atoms with Crippen molar-refractivity contribution in [3.8, 4) is 0 Å². The van der Waals surface area contributed by atoms with Crippen molar-refractivity contribution in [2.75, 3.05) is 4.90 Å². The Bertz CT molecular complexity index is 538. The summed E-state index contributed by atoms with van der Waals surface area (Å²) in [7, 11) is 0. The third-order valence-electron chi connectivity index (χ3n) is 3.11. The lowest BCUT2D eigenvalue weighted by Gasteiger charge is -2.32. The third kappa shape index (κ3) is 5.26. The second kappa shape index (κ2) is 7.94. The standard InChI is InChI=1S/C17H25IN2O2/c1-6-9-15(21)20(14-11-8-7-10-13(14)18)12(2)16(22)19-17(3,4)5/h7-8,10-12H,6,9H2,1-5H3,(H,19,22). The van der Waals surface area contributed by atoms with Crippen LogP contribution in [0, 0.1) is 3.57 Å². The molecular formula is C17H25IN2O2. The molecule has 1 aromatic carbocycles. The number of carbonyl (C=O) groups is 2. The number of benzene rings is 1. The van der Waals surface area contributed by atoms with Crippen LogP contribution in [0.25, 0.3) is 0 Å². The highest BCUT2D eigenvalue weighted by Gasteiger charge is 2.29. The minimum Gasteiger partial charge on any atom is -0.350 e. The number of para-hydroxylation sites is 1. The number of carbonyl (C=O) groups excluding carboxylic acids is 2. The number of rotatable bonds is 5. The molecule has 0 radical (unpaired) electrons. The van der Waals surface area contributed by atoms with Gasteiger partial charge in [0.25, 0.3) is 0 Å². The van der Waals surface area contributed by atoms with Gasteiger partial charge in [0.2, 0.25) is 11.8 Å². The molecule has 0 aromatic heterocycles. The fourth-order valence-corrected chi connectivity index (χ4v) is 2.78. The number of hydrogen-bond donors (Lipinski definition) is 1. The number of amides is 2. The summed E-state index contributed by atoms with van der Waals surface area (Å²) in [6.07, 6.45) is 1.18. The molecule has 0 aliphatic carbocycles. The summed E-state index contributed by atoms with van der Waals surface area (Å²) < 4.78 is 0.958. The largest absolute Gasteiger partial charge is 0.350 e. The number of halogens is 1. The third-order valence-corrected chi connectivity index (χ3v) is 4.02. The maximum atomic E-state index is 12.6. The predicted octanol–water partition coefficient (Wildman–Crippen LogP) is 3.73. The topological polar surface area (TPSA) is 49.4 Å². The average Bonchev–Trinajstić information content (AvgIpc) is 2.39. The molecule has 0 heterocycles. The first-order valence-corrected chi connectivity index (χ1v) is 8.64. The first-order chi connectivity index (χ1) is 10.2. The number of nitrogens with one attached hydrogen (secondary N) is 1. The maximum absolute atomic E-state index is 12.6. The van der Waals surface area contributed by atoms with Crippen LogP contribution >= 0.6 is 22.6 Å². The van der Waals surface area contributed by atoms with Crippen LogP contribution in [0.2, 0.25) is 0 Å². The van der Waals surface area contributed by atoms with Gasteiger partial charge in [-0.05, 0) is 68.8 Å². The van der Waals surface area contributed by atoms with Crippen molar-refractivity contribution in [1.29, 1.82) is 0 Å². The quantitative estimate of drug-likeness (QED) is 0.744. The summed E-state index contributed by atoms with van der Waals surface area (Å²) in [4.78, 5) is 26.7. The van der Waals surface area contributed by atoms with Crippen LogP contribution in [0.15, 0.2) is 24.3 Å². The van der Waals surface area contributed by atoms with E-state index < -0.39 is 6.04 Å². The zero-order valence-electron chi connectivity index (χ0n) is 13.9. The monoisotopic (exact) mass is 416 g/mol. The first-order valence-electron chi connectivity index (χ1n) is 7.56. The Balaban J connectivity index is 3.13. The maximum Gasteiger partial charge on any atom is 0.243 e. The lowest BCUT2D eigenvalue weighted by Crippen LogP contribution is -2.53. The molecule has 0 bridgehead atoms. The second-order valence-electron chi connectivity index (χ2n) is 6.38. The lowest BCUT2D eigenvalue weighted by atomic mass is 10.1. The predicted molar refractivity (Wildman–Crippen MR) is 98.9 cm³/mol. The van der Waals surface area contributed by atoms with Crippen LogP contribution in [0.4, 0.5) is 5.69 Å². The molecule has 0 aliphatic rings. The highest BCUT2D eigenvalue weighted by molar-refractivity contribution is 14.1. The van der Waals surface area contributed by atoms with E-state index in [1.54, 1.807) is 11.8 Å². The Kier molecular flexibility index (Phi) is 6.84. The van der Waals surface area contributed by atoms with Gasteiger partial charge in [0.15, 0.2) is 0 Å². The van der Waals surface area contributed by atoms with Crippen molar-refractivity contribution >= 4 is 40.1 Å². The Labute approximate surface area is 146 Å². The molecule has 5 heteroatoms. The van der Waals surface area contributed by atoms with E-state index in [-0.39, 0.29) is 17.4 Å². The molecule has 4 nitrogen and oxygen atoms in total. The second-order valence-corrected chi connectivity index (χ2v) is 7.54. The van der Waals surface area contributed by atoms with Crippen LogP contribution in [0.3, 0.4) is 0 Å². The molecule has 1 aromatic rings. The average molecular weight is 416 g/mol. The highest BCUT2D eigenvalue weighted by atomic mass is 127. The van der Waals surface area contributed by atoms with Gasteiger partial charge in [0.05, 0.1) is 5.69 Å². The fraction of sp³-hybridized carbons (Fsp3) is 0.529. The summed E-state index contributed by atoms with van der Waals surface area (Å²) in [5.41, 5.74) is 0.465. The lowest BCUT2D eigenvalue weighted by molar-refractivity contribution is -0.127. The molecule has 22 heavy (non-hydrogen) atoms. The van der Waals surface area contributed by atoms with E-state index in [4.69, 9.17) is 0 Å². The van der Waals surface area contributed by atoms with E-state index in [1.807, 2.05) is 52.0 Å². The minimum atomic E-state index is -0.547. The molecular weight excluding hydrogens is 391 g/mol. The van der Waals surface area contributed by atoms with Crippen molar-refractivity contribution in [3.63, 3.8) is 0 Å². The smallest absolute Gasteiger partial charge is 0.243 e. The Morgan fingerprint density at radius 1 is 1.27 bits per heavy atom. The van der Waals surface area contributed by atoms with Gasteiger partial charge in [-0.25, -0.2) is 0 Å². The van der Waals surface area contributed by atoms with E-state index >= 15 is 0 Å². The van der Waals surface area contributed by atoms with Gasteiger partial charge in [-0.3, -0.25) is 14.5 Å². The van der Waals surface area contributed by atoms with Crippen LogP contribution in [-0.2, 0) is 9.59 Å². The summed E-state index contributed by atoms with van der Waals surface area (Å²) in [6, 6.07) is 7.09. The Morgan fingerprint density at radius 2 is 1.86 bits per heavy atom. The summed E-state index contributed by atoms with van der Waals surface area (Å²) >= 11 is 2.20. The van der Waals surface area contributed by atoms with E-state index in [0.29, 0.717) is 6.42 Å². The van der Waals surface area contributed by atoms with E-state index in [2.05, 4.69) is 27.9 Å². The van der Waals surface area contributed by atoms with Crippen LogP contribution < -0.4 is 10.2 Å². The molecule has 0 fully saturated rings. The zero-order chi connectivity index (χ0) is 16.9. The SMILES string of the molecule is CCCC(=O)N(c1ccccc1I)C(C)C(=O)NC(C)(C)C. The first kappa shape index (κ1) is 18.9. The summed E-state index contributed by atoms with van der Waals surface area (Å²) in [5.74, 6) is -0.167. The minimum absolute atomic E-state index is 0.0248. The van der Waals surface area contributed by atoms with Gasteiger partial charge in [-0.1, -0.05) is 19.1 Å². The van der Waals surface area contributed by atoms with Gasteiger partial charge in [0, 0.05) is 15.5 Å². The summed E-state index contributed by atoms with van der Waals surface area (Å²) in [5, 5.41) is 2.95. The Morgan fingerprint density at radius 3 is 2.36 bits per heavy atom.